The van der Waals surface area contributed by atoms with Gasteiger partial charge in [-0.1, -0.05) is 239 Å². The molecule has 21 nitrogen and oxygen atoms in total. The molecule has 3 fully saturated rings. The van der Waals surface area contributed by atoms with Gasteiger partial charge < -0.3 is 76.2 Å². The van der Waals surface area contributed by atoms with Crippen molar-refractivity contribution in [3.05, 3.63) is 287 Å². The smallest absolute Gasteiger partial charge is 0.338 e. The van der Waals surface area contributed by atoms with Crippen molar-refractivity contribution in [1.82, 2.24) is 0 Å². The summed E-state index contributed by atoms with van der Waals surface area (Å²) in [5.74, 6) is -3.23. The number of unbranched alkanes of at least 4 members (excludes halogenated alkanes) is 8. The Balaban J connectivity index is 0.965. The zero-order valence-corrected chi connectivity index (χ0v) is 60.0. The third-order valence-electron chi connectivity index (χ3n) is 18.7. The van der Waals surface area contributed by atoms with Gasteiger partial charge in [0.25, 0.3) is 0 Å². The highest BCUT2D eigenvalue weighted by Gasteiger charge is 2.57. The summed E-state index contributed by atoms with van der Waals surface area (Å²) in [5, 5.41) is 11.6. The van der Waals surface area contributed by atoms with Crippen molar-refractivity contribution in [2.75, 3.05) is 33.5 Å². The van der Waals surface area contributed by atoms with Crippen LogP contribution in [0.15, 0.2) is 243 Å². The second-order valence-electron chi connectivity index (χ2n) is 26.3. The topological polar surface area (TPSA) is 244 Å². The molecule has 3 heterocycles. The van der Waals surface area contributed by atoms with Gasteiger partial charge in [0.05, 0.1) is 69.0 Å². The van der Waals surface area contributed by atoms with E-state index < -0.39 is 130 Å². The summed E-state index contributed by atoms with van der Waals surface area (Å²) in [6.07, 6.45) is -10.2. The van der Waals surface area contributed by atoms with Gasteiger partial charge in [-0.05, 0) is 83.6 Å². The van der Waals surface area contributed by atoms with Crippen LogP contribution in [0.3, 0.4) is 0 Å². The number of aliphatic hydroxyl groups excluding tert-OH is 1. The van der Waals surface area contributed by atoms with Crippen molar-refractivity contribution in [2.45, 2.75) is 177 Å². The van der Waals surface area contributed by atoms with Crippen LogP contribution in [0.2, 0.25) is 0 Å². The minimum Gasteiger partial charge on any atom is -0.469 e. The molecule has 3 saturated heterocycles. The number of benzene rings is 8. The first-order chi connectivity index (χ1) is 52.6. The second-order valence-corrected chi connectivity index (χ2v) is 26.3. The first kappa shape index (κ1) is 78.7. The van der Waals surface area contributed by atoms with Crippen molar-refractivity contribution in [1.29, 1.82) is 0 Å². The van der Waals surface area contributed by atoms with Crippen molar-refractivity contribution < 1.29 is 100 Å². The summed E-state index contributed by atoms with van der Waals surface area (Å²) in [6.45, 7) is -1.32. The lowest BCUT2D eigenvalue weighted by Crippen LogP contribution is -2.64. The molecule has 564 valence electrons. The molecule has 0 spiro atoms. The number of carbonyl (C=O) groups is 5. The molecule has 8 aromatic rings. The molecule has 0 saturated carbocycles. The van der Waals surface area contributed by atoms with E-state index in [-0.39, 0.29) is 61.3 Å². The van der Waals surface area contributed by atoms with Gasteiger partial charge in [0.15, 0.2) is 37.2 Å². The average molecular weight is 1460 g/mol. The fourth-order valence-electron chi connectivity index (χ4n) is 13.0. The fourth-order valence-corrected chi connectivity index (χ4v) is 13.0. The molecule has 3 aliphatic rings. The Morgan fingerprint density at radius 2 is 0.645 bits per heavy atom. The number of hydrogen-bond donors (Lipinski definition) is 1. The standard InChI is InChI=1S/C86H94O21/c1-93-71(88)51-33-7-5-3-2-4-6-8-34-52-94-84-78(106-83(92)67-49-31-16-32-50-67)76(98-57-63-41-23-12-24-42-63)73(96-55-61-37-19-10-20-38-61)69(102-84)59-100-85-79(75(97-56-62-39-21-11-22-40-62)72(68(53-87)101-85)95-54-60-35-17-9-18-36-60)107-86-77(105-82(91)66-47-29-15-30-48-66)74(104-81(90)65-45-27-14-28-46-65)70(103-86)58-99-80(89)64-43-25-13-26-44-64/h9-32,35-50,68-70,72-79,84-87H,2-8,33-34,51-59H2,1H3/t68-,69-,70+,72+,73+,74+,75+,76+,77-,78-,79-,84-,85-,86+/m1/s1. The number of rotatable bonds is 40. The molecule has 0 aliphatic carbocycles. The molecular weight excluding hydrogens is 1370 g/mol. The molecule has 107 heavy (non-hydrogen) atoms. The Labute approximate surface area is 624 Å². The van der Waals surface area contributed by atoms with Crippen molar-refractivity contribution in [2.24, 2.45) is 0 Å². The van der Waals surface area contributed by atoms with Crippen LogP contribution >= 0.6 is 0 Å². The maximum Gasteiger partial charge on any atom is 0.338 e. The van der Waals surface area contributed by atoms with Gasteiger partial charge in [-0.3, -0.25) is 4.79 Å². The largest absolute Gasteiger partial charge is 0.469 e. The van der Waals surface area contributed by atoms with Gasteiger partial charge in [0, 0.05) is 13.0 Å². The lowest BCUT2D eigenvalue weighted by Gasteiger charge is -2.48. The third kappa shape index (κ3) is 23.6. The lowest BCUT2D eigenvalue weighted by atomic mass is 9.96. The van der Waals surface area contributed by atoms with Crippen LogP contribution in [-0.4, -0.2) is 155 Å². The zero-order valence-electron chi connectivity index (χ0n) is 60.0. The van der Waals surface area contributed by atoms with Crippen LogP contribution in [0, 0.1) is 0 Å². The molecule has 1 N–H and O–H groups in total. The number of aliphatic hydroxyl groups is 1. The van der Waals surface area contributed by atoms with Gasteiger partial charge in [0.2, 0.25) is 0 Å². The number of methoxy groups -OCH3 is 1. The number of carbonyl (C=O) groups excluding carboxylic acids is 5. The Morgan fingerprint density at radius 3 is 1.07 bits per heavy atom. The SMILES string of the molecule is COC(=O)CCCCCCCCCCCO[C@@H]1O[C@H](CO[C@@H]2O[C@H](CO)[C@H](OCc3ccccc3)[C@H](OCc3ccccc3)[C@H]2O[C@@H]2O[C@@H](COC(=O)c3ccccc3)[C@H](OC(=O)c3ccccc3)[C@H]2OC(=O)c2ccccc2)[C@H](OCc2ccccc2)[C@H](OCc2ccccc2)[C@H]1OC(=O)c1ccccc1. The molecule has 21 heteroatoms. The van der Waals surface area contributed by atoms with Gasteiger partial charge in [-0.2, -0.15) is 0 Å². The van der Waals surface area contributed by atoms with Crippen molar-refractivity contribution in [3.63, 3.8) is 0 Å². The molecule has 0 bridgehead atoms. The Bertz CT molecular complexity index is 3900. The molecule has 0 aromatic heterocycles. The van der Waals surface area contributed by atoms with E-state index >= 15 is 0 Å². The van der Waals surface area contributed by atoms with E-state index in [9.17, 15) is 29.1 Å². The summed E-state index contributed by atoms with van der Waals surface area (Å²) in [5.41, 5.74) is 3.95. The van der Waals surface area contributed by atoms with E-state index in [0.717, 1.165) is 73.6 Å². The van der Waals surface area contributed by atoms with Gasteiger partial charge in [-0.25, -0.2) is 19.2 Å². The van der Waals surface area contributed by atoms with Crippen LogP contribution in [0.5, 0.6) is 0 Å². The molecule has 14 atom stereocenters. The number of esters is 5. The third-order valence-corrected chi connectivity index (χ3v) is 18.7. The van der Waals surface area contributed by atoms with Crippen LogP contribution in [0.25, 0.3) is 0 Å². The van der Waals surface area contributed by atoms with Gasteiger partial charge >= 0.3 is 29.8 Å². The van der Waals surface area contributed by atoms with Crippen LogP contribution in [-0.2, 0) is 102 Å². The fraction of sp³-hybridized carbons (Fsp3) is 0.384. The molecule has 0 unspecified atom stereocenters. The first-order valence-electron chi connectivity index (χ1n) is 36.7. The van der Waals surface area contributed by atoms with Crippen LogP contribution in [0.4, 0.5) is 0 Å². The average Bonchev–Trinajstić information content (AvgIpc) is 1.76. The molecule has 3 aliphatic heterocycles. The molecule has 8 aromatic carbocycles. The Hall–Kier alpha value is -9.33. The zero-order chi connectivity index (χ0) is 74.2. The first-order valence-corrected chi connectivity index (χ1v) is 36.7. The predicted octanol–water partition coefficient (Wildman–Crippen LogP) is 13.5. The highest BCUT2D eigenvalue weighted by atomic mass is 16.8. The highest BCUT2D eigenvalue weighted by molar-refractivity contribution is 5.91. The van der Waals surface area contributed by atoms with Gasteiger partial charge in [-0.15, -0.1) is 0 Å². The molecule has 0 radical (unpaired) electrons. The van der Waals surface area contributed by atoms with Crippen LogP contribution in [0.1, 0.15) is 128 Å². The van der Waals surface area contributed by atoms with E-state index in [2.05, 4.69) is 0 Å². The molecular formula is C86H94O21. The minimum atomic E-state index is -1.72. The van der Waals surface area contributed by atoms with E-state index in [1.54, 1.807) is 121 Å². The normalized spacial score (nSPS) is 23.3. The summed E-state index contributed by atoms with van der Waals surface area (Å²) < 4.78 is 100. The monoisotopic (exact) mass is 1460 g/mol. The summed E-state index contributed by atoms with van der Waals surface area (Å²) >= 11 is 0. The Kier molecular flexibility index (Phi) is 31.1. The second kappa shape index (κ2) is 42.3. The predicted molar refractivity (Wildman–Crippen MR) is 392 cm³/mol. The van der Waals surface area contributed by atoms with E-state index in [0.29, 0.717) is 12.8 Å². The number of ether oxygens (including phenoxy) is 15. The maximum atomic E-state index is 14.7. The molecule has 11 rings (SSSR count). The molecule has 0 amide bonds. The van der Waals surface area contributed by atoms with Crippen molar-refractivity contribution >= 4 is 29.8 Å². The van der Waals surface area contributed by atoms with E-state index in [1.165, 1.54) is 7.11 Å². The van der Waals surface area contributed by atoms with Gasteiger partial charge in [0.1, 0.15) is 55.4 Å². The summed E-state index contributed by atoms with van der Waals surface area (Å²) in [6, 6.07) is 71.2. The highest BCUT2D eigenvalue weighted by Crippen LogP contribution is 2.39. The number of hydrogen-bond acceptors (Lipinski definition) is 21. The maximum absolute atomic E-state index is 14.7. The van der Waals surface area contributed by atoms with E-state index in [4.69, 9.17) is 71.1 Å². The summed E-state index contributed by atoms with van der Waals surface area (Å²) in [7, 11) is 1.41. The lowest BCUT2D eigenvalue weighted by molar-refractivity contribution is -0.361. The van der Waals surface area contributed by atoms with Crippen molar-refractivity contribution in [3.8, 4) is 0 Å². The quantitative estimate of drug-likeness (QED) is 0.0213. The van der Waals surface area contributed by atoms with E-state index in [1.807, 2.05) is 121 Å². The summed E-state index contributed by atoms with van der Waals surface area (Å²) in [4.78, 5) is 69.1. The van der Waals surface area contributed by atoms with Crippen LogP contribution < -0.4 is 0 Å². The minimum absolute atomic E-state index is 0.0113. The Morgan fingerprint density at radius 1 is 0.318 bits per heavy atom.